The number of thiol groups is 1. The maximum Gasteiger partial charge on any atom is 0.366 e. The summed E-state index contributed by atoms with van der Waals surface area (Å²) in [7, 11) is 0. The molecule has 8 nitrogen and oxygen atoms in total. The third-order valence-electron chi connectivity index (χ3n) is 7.17. The standard InChI is InChI=1S/C23H30N2O6S/c1-14(13-32)21(26)30-20(9-15-2-4-19(5-3-15)25(28)29)22(27)31-24-23-10-16-6-17(11-23)8-18(7-16)12-23/h2-5,14,16-18,20,24,32H,6-13H2,1H3/t14-,16?,17?,18?,20+,23?/m1/s1. The van der Waals surface area contributed by atoms with E-state index in [4.69, 9.17) is 9.57 Å². The maximum absolute atomic E-state index is 13.0. The topological polar surface area (TPSA) is 108 Å². The molecule has 4 bridgehead atoms. The van der Waals surface area contributed by atoms with Crippen LogP contribution < -0.4 is 5.48 Å². The third kappa shape index (κ3) is 5.09. The molecule has 0 spiro atoms. The molecule has 32 heavy (non-hydrogen) atoms. The number of hydrogen-bond donors (Lipinski definition) is 2. The highest BCUT2D eigenvalue weighted by molar-refractivity contribution is 7.80. The molecule has 4 aliphatic carbocycles. The average Bonchev–Trinajstić information content (AvgIpc) is 2.75. The maximum atomic E-state index is 13.0. The van der Waals surface area contributed by atoms with Gasteiger partial charge < -0.3 is 9.57 Å². The fourth-order valence-electron chi connectivity index (χ4n) is 5.93. The molecule has 0 heterocycles. The second-order valence-electron chi connectivity index (χ2n) is 9.86. The van der Waals surface area contributed by atoms with Gasteiger partial charge in [-0.3, -0.25) is 14.9 Å². The first kappa shape index (κ1) is 23.0. The molecule has 5 rings (SSSR count). The number of nitrogens with one attached hydrogen (secondary N) is 1. The van der Waals surface area contributed by atoms with Crippen molar-refractivity contribution in [3.05, 3.63) is 39.9 Å². The summed E-state index contributed by atoms with van der Waals surface area (Å²) in [5.74, 6) is 0.718. The average molecular weight is 463 g/mol. The Bertz CT molecular complexity index is 838. The summed E-state index contributed by atoms with van der Waals surface area (Å²) in [4.78, 5) is 41.3. The van der Waals surface area contributed by atoms with Gasteiger partial charge in [0.15, 0.2) is 0 Å². The van der Waals surface area contributed by atoms with Gasteiger partial charge in [-0.25, -0.2) is 4.79 Å². The Hall–Kier alpha value is -2.13. The number of esters is 1. The highest BCUT2D eigenvalue weighted by Crippen LogP contribution is 2.55. The zero-order valence-electron chi connectivity index (χ0n) is 18.2. The van der Waals surface area contributed by atoms with Gasteiger partial charge in [-0.15, -0.1) is 5.48 Å². The van der Waals surface area contributed by atoms with Crippen molar-refractivity contribution < 1.29 is 24.1 Å². The van der Waals surface area contributed by atoms with Crippen LogP contribution in [0.5, 0.6) is 0 Å². The molecule has 9 heteroatoms. The van der Waals surface area contributed by atoms with E-state index in [1.54, 1.807) is 19.1 Å². The first-order valence-electron chi connectivity index (χ1n) is 11.3. The lowest BCUT2D eigenvalue weighted by Gasteiger charge is -2.56. The van der Waals surface area contributed by atoms with Gasteiger partial charge in [0.2, 0.25) is 6.10 Å². The number of non-ortho nitro benzene ring substituents is 1. The van der Waals surface area contributed by atoms with Crippen molar-refractivity contribution in [2.75, 3.05) is 5.75 Å². The molecule has 4 fully saturated rings. The quantitative estimate of drug-likeness (QED) is 0.250. The van der Waals surface area contributed by atoms with E-state index < -0.39 is 28.9 Å². The van der Waals surface area contributed by atoms with E-state index in [0.29, 0.717) is 29.1 Å². The van der Waals surface area contributed by atoms with E-state index in [1.165, 1.54) is 31.4 Å². The summed E-state index contributed by atoms with van der Waals surface area (Å²) in [5.41, 5.74) is 3.51. The van der Waals surface area contributed by atoms with Crippen LogP contribution in [0, 0.1) is 33.8 Å². The molecule has 0 aliphatic heterocycles. The molecule has 2 atom stereocenters. The SMILES string of the molecule is C[C@H](CS)C(=O)O[C@@H](Cc1ccc([N+](=O)[O-])cc1)C(=O)ONC12CC3CC(CC(C3)C1)C2. The lowest BCUT2D eigenvalue weighted by Crippen LogP contribution is -2.59. The van der Waals surface area contributed by atoms with E-state index in [1.807, 2.05) is 0 Å². The van der Waals surface area contributed by atoms with E-state index >= 15 is 0 Å². The van der Waals surface area contributed by atoms with Crippen molar-refractivity contribution in [2.45, 2.75) is 63.5 Å². The predicted octanol–water partition coefficient (Wildman–Crippen LogP) is 3.63. The van der Waals surface area contributed by atoms with E-state index in [2.05, 4.69) is 18.1 Å². The fraction of sp³-hybridized carbons (Fsp3) is 0.652. The number of benzene rings is 1. The number of rotatable bonds is 9. The van der Waals surface area contributed by atoms with Crippen LogP contribution >= 0.6 is 12.6 Å². The van der Waals surface area contributed by atoms with Gasteiger partial charge in [-0.2, -0.15) is 12.6 Å². The molecule has 4 saturated carbocycles. The molecular formula is C23H30N2O6S. The number of hydrogen-bond acceptors (Lipinski definition) is 8. The van der Waals surface area contributed by atoms with Crippen LogP contribution in [-0.4, -0.2) is 34.3 Å². The van der Waals surface area contributed by atoms with Crippen LogP contribution in [-0.2, 0) is 25.6 Å². The normalized spacial score (nSPS) is 29.9. The minimum Gasteiger partial charge on any atom is -0.450 e. The Labute approximate surface area is 192 Å². The molecule has 1 aromatic rings. The van der Waals surface area contributed by atoms with E-state index in [9.17, 15) is 19.7 Å². The molecule has 0 amide bonds. The van der Waals surface area contributed by atoms with Gasteiger partial charge in [0.25, 0.3) is 5.69 Å². The number of nitrogens with zero attached hydrogens (tertiary/aromatic N) is 1. The summed E-state index contributed by atoms with van der Waals surface area (Å²) in [6.07, 6.45) is 5.78. The Kier molecular flexibility index (Phi) is 6.76. The summed E-state index contributed by atoms with van der Waals surface area (Å²) in [6, 6.07) is 5.84. The lowest BCUT2D eigenvalue weighted by atomic mass is 9.53. The largest absolute Gasteiger partial charge is 0.450 e. The van der Waals surface area contributed by atoms with Crippen LogP contribution in [0.2, 0.25) is 0 Å². The van der Waals surface area contributed by atoms with Crippen LogP contribution in [0.25, 0.3) is 0 Å². The molecule has 0 saturated heterocycles. The van der Waals surface area contributed by atoms with Crippen molar-refractivity contribution in [2.24, 2.45) is 23.7 Å². The van der Waals surface area contributed by atoms with Crippen molar-refractivity contribution in [1.82, 2.24) is 5.48 Å². The summed E-state index contributed by atoms with van der Waals surface area (Å²) >= 11 is 4.13. The number of carbonyl (C=O) groups is 2. The molecule has 1 aromatic carbocycles. The minimum absolute atomic E-state index is 0.0444. The first-order chi connectivity index (χ1) is 15.3. The Morgan fingerprint density at radius 1 is 1.12 bits per heavy atom. The van der Waals surface area contributed by atoms with Crippen LogP contribution in [0.3, 0.4) is 0 Å². The first-order valence-corrected chi connectivity index (χ1v) is 11.9. The van der Waals surface area contributed by atoms with Crippen molar-refractivity contribution >= 4 is 30.3 Å². The Balaban J connectivity index is 1.43. The summed E-state index contributed by atoms with van der Waals surface area (Å²) in [5, 5.41) is 10.9. The number of carbonyl (C=O) groups excluding carboxylic acids is 2. The van der Waals surface area contributed by atoms with Gasteiger partial charge in [0.1, 0.15) is 0 Å². The molecule has 174 valence electrons. The molecule has 1 N–H and O–H groups in total. The monoisotopic (exact) mass is 462 g/mol. The van der Waals surface area contributed by atoms with Crippen molar-refractivity contribution in [3.63, 3.8) is 0 Å². The number of nitro benzene ring substituents is 1. The lowest BCUT2D eigenvalue weighted by molar-refractivity contribution is -0.384. The van der Waals surface area contributed by atoms with Gasteiger partial charge >= 0.3 is 11.9 Å². The second-order valence-corrected chi connectivity index (χ2v) is 10.2. The van der Waals surface area contributed by atoms with Gasteiger partial charge in [-0.1, -0.05) is 19.1 Å². The van der Waals surface area contributed by atoms with Crippen LogP contribution in [0.4, 0.5) is 5.69 Å². The highest BCUT2D eigenvalue weighted by Gasteiger charge is 2.52. The Morgan fingerprint density at radius 3 is 2.19 bits per heavy atom. The molecule has 0 radical (unpaired) electrons. The number of hydroxylamine groups is 1. The fourth-order valence-corrected chi connectivity index (χ4v) is 6.08. The second kappa shape index (κ2) is 9.39. The molecule has 0 unspecified atom stereocenters. The zero-order chi connectivity index (χ0) is 22.9. The van der Waals surface area contributed by atoms with Crippen molar-refractivity contribution in [3.8, 4) is 0 Å². The molecule has 4 aliphatic rings. The number of nitro groups is 1. The van der Waals surface area contributed by atoms with Gasteiger partial charge in [0, 0.05) is 24.3 Å². The minimum atomic E-state index is -1.15. The number of ether oxygens (including phenoxy) is 1. The Morgan fingerprint density at radius 2 is 1.69 bits per heavy atom. The predicted molar refractivity (Wildman–Crippen MR) is 120 cm³/mol. The van der Waals surface area contributed by atoms with Gasteiger partial charge in [-0.05, 0) is 61.8 Å². The summed E-state index contributed by atoms with van der Waals surface area (Å²) < 4.78 is 5.48. The van der Waals surface area contributed by atoms with Crippen LogP contribution in [0.15, 0.2) is 24.3 Å². The van der Waals surface area contributed by atoms with Gasteiger partial charge in [0.05, 0.1) is 16.4 Å². The highest BCUT2D eigenvalue weighted by atomic mass is 32.1. The van der Waals surface area contributed by atoms with Crippen LogP contribution in [0.1, 0.15) is 51.0 Å². The molecular weight excluding hydrogens is 432 g/mol. The zero-order valence-corrected chi connectivity index (χ0v) is 19.1. The van der Waals surface area contributed by atoms with Crippen molar-refractivity contribution in [1.29, 1.82) is 0 Å². The third-order valence-corrected chi connectivity index (χ3v) is 7.72. The van der Waals surface area contributed by atoms with E-state index in [0.717, 1.165) is 19.3 Å². The summed E-state index contributed by atoms with van der Waals surface area (Å²) in [6.45, 7) is 1.68. The van der Waals surface area contributed by atoms with E-state index in [-0.39, 0.29) is 17.6 Å². The molecule has 0 aromatic heterocycles. The smallest absolute Gasteiger partial charge is 0.366 e.